The lowest BCUT2D eigenvalue weighted by atomic mass is 10.2. The summed E-state index contributed by atoms with van der Waals surface area (Å²) < 4.78 is 23.9. The second-order valence-corrected chi connectivity index (χ2v) is 9.38. The number of ether oxygens (including phenoxy) is 4. The fourth-order valence-corrected chi connectivity index (χ4v) is 6.17. The number of fused-ring (bicyclic) bond motifs is 1. The molecule has 4 rings (SSSR count). The Bertz CT molecular complexity index is 682. The van der Waals surface area contributed by atoms with E-state index in [0.29, 0.717) is 0 Å². The predicted octanol–water partition coefficient (Wildman–Crippen LogP) is 3.01. The zero-order valence-electron chi connectivity index (χ0n) is 15.4. The Hall–Kier alpha value is -1.29. The van der Waals surface area contributed by atoms with Crippen molar-refractivity contribution in [2.24, 2.45) is 0 Å². The van der Waals surface area contributed by atoms with E-state index in [1.165, 1.54) is 10.6 Å². The lowest BCUT2D eigenvalue weighted by Gasteiger charge is -2.27. The standard InChI is InChI=1S/C21H25O4P/c1-21(2)24-18-17(23-20(22-3)19(18)25-21)14-26(15-10-6-4-7-11-15)16-12-8-5-9-13-16/h4-13,17-20H,14H2,1-3H3/t17-,18-,19-,20-/m1/s1. The number of benzene rings is 2. The van der Waals surface area contributed by atoms with Gasteiger partial charge in [-0.2, -0.15) is 0 Å². The van der Waals surface area contributed by atoms with Crippen LogP contribution in [0.1, 0.15) is 13.8 Å². The molecule has 0 radical (unpaired) electrons. The van der Waals surface area contributed by atoms with E-state index in [-0.39, 0.29) is 24.6 Å². The molecule has 2 aliphatic heterocycles. The predicted molar refractivity (Wildman–Crippen MR) is 103 cm³/mol. The molecule has 0 amide bonds. The molecule has 4 nitrogen and oxygen atoms in total. The molecular formula is C21H25O4P. The largest absolute Gasteiger partial charge is 0.353 e. The fraction of sp³-hybridized carbons (Fsp3) is 0.429. The molecule has 0 saturated carbocycles. The van der Waals surface area contributed by atoms with Crippen molar-refractivity contribution in [2.45, 2.75) is 44.2 Å². The van der Waals surface area contributed by atoms with Crippen LogP contribution >= 0.6 is 7.92 Å². The van der Waals surface area contributed by atoms with Crippen LogP contribution in [0, 0.1) is 0 Å². The van der Waals surface area contributed by atoms with E-state index in [9.17, 15) is 0 Å². The molecule has 2 aromatic rings. The van der Waals surface area contributed by atoms with Crippen LogP contribution in [0.25, 0.3) is 0 Å². The van der Waals surface area contributed by atoms with Crippen LogP contribution in [0.5, 0.6) is 0 Å². The molecule has 4 atom stereocenters. The molecule has 0 spiro atoms. The highest BCUT2D eigenvalue weighted by Crippen LogP contribution is 2.44. The highest BCUT2D eigenvalue weighted by Gasteiger charge is 2.55. The summed E-state index contributed by atoms with van der Waals surface area (Å²) in [5.41, 5.74) is 0. The van der Waals surface area contributed by atoms with Gasteiger partial charge < -0.3 is 18.9 Å². The second-order valence-electron chi connectivity index (χ2n) is 7.13. The van der Waals surface area contributed by atoms with Gasteiger partial charge in [-0.1, -0.05) is 60.7 Å². The highest BCUT2D eigenvalue weighted by molar-refractivity contribution is 7.73. The van der Waals surface area contributed by atoms with Gasteiger partial charge in [-0.15, -0.1) is 0 Å². The summed E-state index contributed by atoms with van der Waals surface area (Å²) in [6.45, 7) is 3.90. The summed E-state index contributed by atoms with van der Waals surface area (Å²) in [4.78, 5) is 0. The van der Waals surface area contributed by atoms with Crippen molar-refractivity contribution in [2.75, 3.05) is 13.3 Å². The first-order chi connectivity index (χ1) is 12.6. The highest BCUT2D eigenvalue weighted by atomic mass is 31.1. The maximum Gasteiger partial charge on any atom is 0.186 e. The third-order valence-corrected chi connectivity index (χ3v) is 7.41. The molecule has 0 aromatic heterocycles. The summed E-state index contributed by atoms with van der Waals surface area (Å²) in [5, 5.41) is 2.68. The van der Waals surface area contributed by atoms with Gasteiger partial charge in [0.25, 0.3) is 0 Å². The summed E-state index contributed by atoms with van der Waals surface area (Å²) in [6.07, 6.45) is 0.160. The van der Waals surface area contributed by atoms with Gasteiger partial charge in [0.1, 0.15) is 12.2 Å². The van der Waals surface area contributed by atoms with Gasteiger partial charge in [0.15, 0.2) is 12.1 Å². The zero-order chi connectivity index (χ0) is 18.1. The number of rotatable bonds is 5. The van der Waals surface area contributed by atoms with Gasteiger partial charge in [-0.05, 0) is 32.4 Å². The quantitative estimate of drug-likeness (QED) is 0.756. The van der Waals surface area contributed by atoms with E-state index in [2.05, 4.69) is 60.7 Å². The minimum absolute atomic E-state index is 0.0572. The third-order valence-electron chi connectivity index (χ3n) is 4.84. The van der Waals surface area contributed by atoms with E-state index >= 15 is 0 Å². The van der Waals surface area contributed by atoms with Gasteiger partial charge >= 0.3 is 0 Å². The van der Waals surface area contributed by atoms with Crippen molar-refractivity contribution >= 4 is 18.5 Å². The van der Waals surface area contributed by atoms with Crippen molar-refractivity contribution in [3.05, 3.63) is 60.7 Å². The molecule has 2 heterocycles. The van der Waals surface area contributed by atoms with Crippen molar-refractivity contribution in [3.63, 3.8) is 0 Å². The van der Waals surface area contributed by atoms with Crippen LogP contribution in [-0.4, -0.2) is 43.7 Å². The first-order valence-electron chi connectivity index (χ1n) is 8.99. The first kappa shape index (κ1) is 18.1. The average molecular weight is 372 g/mol. The van der Waals surface area contributed by atoms with Crippen LogP contribution in [0.4, 0.5) is 0 Å². The Labute approximate surface area is 156 Å². The Balaban J connectivity index is 1.62. The summed E-state index contributed by atoms with van der Waals surface area (Å²) in [6, 6.07) is 21.3. The molecule has 0 unspecified atom stereocenters. The maximum atomic E-state index is 6.19. The summed E-state index contributed by atoms with van der Waals surface area (Å²) >= 11 is 0. The molecule has 0 aliphatic carbocycles. The minimum atomic E-state index is -0.601. The molecule has 2 saturated heterocycles. The number of hydrogen-bond acceptors (Lipinski definition) is 4. The Morgan fingerprint density at radius 1 is 0.885 bits per heavy atom. The van der Waals surface area contributed by atoms with Gasteiger partial charge in [-0.3, -0.25) is 0 Å². The lowest BCUT2D eigenvalue weighted by Crippen LogP contribution is -2.33. The first-order valence-corrected chi connectivity index (χ1v) is 10.5. The van der Waals surface area contributed by atoms with Crippen molar-refractivity contribution < 1.29 is 18.9 Å². The Kier molecular flexibility index (Phi) is 5.13. The molecule has 138 valence electrons. The Morgan fingerprint density at radius 2 is 1.42 bits per heavy atom. The smallest absolute Gasteiger partial charge is 0.186 e. The van der Waals surface area contributed by atoms with Crippen molar-refractivity contribution in [1.29, 1.82) is 0 Å². The van der Waals surface area contributed by atoms with Gasteiger partial charge in [-0.25, -0.2) is 0 Å². The van der Waals surface area contributed by atoms with Gasteiger partial charge in [0.05, 0.1) is 6.10 Å². The van der Waals surface area contributed by atoms with E-state index in [1.807, 2.05) is 13.8 Å². The normalized spacial score (nSPS) is 29.8. The fourth-order valence-electron chi connectivity index (χ4n) is 3.73. The van der Waals surface area contributed by atoms with E-state index in [4.69, 9.17) is 18.9 Å². The molecule has 2 aromatic carbocycles. The Morgan fingerprint density at radius 3 is 1.96 bits per heavy atom. The van der Waals surface area contributed by atoms with E-state index < -0.39 is 13.7 Å². The van der Waals surface area contributed by atoms with Crippen LogP contribution in [0.3, 0.4) is 0 Å². The van der Waals surface area contributed by atoms with Gasteiger partial charge in [0.2, 0.25) is 0 Å². The maximum absolute atomic E-state index is 6.19. The number of hydrogen-bond donors (Lipinski definition) is 0. The zero-order valence-corrected chi connectivity index (χ0v) is 16.3. The molecule has 0 bridgehead atoms. The van der Waals surface area contributed by atoms with E-state index in [0.717, 1.165) is 6.16 Å². The van der Waals surface area contributed by atoms with Crippen LogP contribution in [0.15, 0.2) is 60.7 Å². The summed E-state index contributed by atoms with van der Waals surface area (Å²) in [5.74, 6) is -0.601. The molecule has 26 heavy (non-hydrogen) atoms. The van der Waals surface area contributed by atoms with Crippen molar-refractivity contribution in [3.8, 4) is 0 Å². The lowest BCUT2D eigenvalue weighted by molar-refractivity contribution is -0.224. The van der Waals surface area contributed by atoms with E-state index in [1.54, 1.807) is 7.11 Å². The topological polar surface area (TPSA) is 36.9 Å². The van der Waals surface area contributed by atoms with Crippen LogP contribution < -0.4 is 10.6 Å². The molecule has 5 heteroatoms. The summed E-state index contributed by atoms with van der Waals surface area (Å²) in [7, 11) is 1.11. The molecule has 2 aliphatic rings. The monoisotopic (exact) mass is 372 g/mol. The molecule has 0 N–H and O–H groups in total. The second kappa shape index (κ2) is 7.38. The molecular weight excluding hydrogens is 347 g/mol. The molecule has 2 fully saturated rings. The van der Waals surface area contributed by atoms with Crippen LogP contribution in [0.2, 0.25) is 0 Å². The third kappa shape index (κ3) is 3.58. The average Bonchev–Trinajstić information content (AvgIpc) is 3.14. The van der Waals surface area contributed by atoms with Crippen molar-refractivity contribution in [1.82, 2.24) is 0 Å². The minimum Gasteiger partial charge on any atom is -0.353 e. The number of methoxy groups -OCH3 is 1. The SMILES string of the molecule is CO[C@@H]1O[C@H](CP(c2ccccc2)c2ccccc2)[C@H]2OC(C)(C)O[C@@H]12. The van der Waals surface area contributed by atoms with Crippen LogP contribution in [-0.2, 0) is 18.9 Å². The van der Waals surface area contributed by atoms with Gasteiger partial charge in [0, 0.05) is 13.3 Å².